The van der Waals surface area contributed by atoms with E-state index in [9.17, 15) is 8.42 Å². The highest BCUT2D eigenvalue weighted by atomic mass is 32.2. The minimum atomic E-state index is -3.43. The van der Waals surface area contributed by atoms with E-state index in [0.29, 0.717) is 11.4 Å². The largest absolute Gasteiger partial charge is 0.346 e. The molecule has 120 valence electrons. The van der Waals surface area contributed by atoms with Crippen LogP contribution >= 0.6 is 11.8 Å². The van der Waals surface area contributed by atoms with E-state index in [2.05, 4.69) is 23.9 Å². The van der Waals surface area contributed by atoms with Crippen molar-refractivity contribution in [3.05, 3.63) is 18.0 Å². The molecule has 0 radical (unpaired) electrons. The third kappa shape index (κ3) is 4.25. The van der Waals surface area contributed by atoms with Gasteiger partial charge in [-0.2, -0.15) is 11.8 Å². The standard InChI is InChI=1S/C14H25N3O2S2/c1-11(2)17-9-14(7-13(17)8-15-3)21(18,19)16-12-5-4-6-20-10-12/h7,9,11-12,15-16H,4-6,8,10H2,1-3H3. The van der Waals surface area contributed by atoms with E-state index >= 15 is 0 Å². The summed E-state index contributed by atoms with van der Waals surface area (Å²) >= 11 is 1.82. The maximum Gasteiger partial charge on any atom is 0.242 e. The minimum absolute atomic E-state index is 0.0592. The van der Waals surface area contributed by atoms with Gasteiger partial charge in [-0.25, -0.2) is 13.1 Å². The van der Waals surface area contributed by atoms with Gasteiger partial charge < -0.3 is 9.88 Å². The molecule has 0 aromatic carbocycles. The first-order valence-corrected chi connectivity index (χ1v) is 10.0. The molecule has 1 fully saturated rings. The van der Waals surface area contributed by atoms with Crippen molar-refractivity contribution in [1.29, 1.82) is 0 Å². The molecule has 5 nitrogen and oxygen atoms in total. The molecule has 1 aliphatic heterocycles. The number of hydrogen-bond acceptors (Lipinski definition) is 4. The van der Waals surface area contributed by atoms with E-state index in [1.54, 1.807) is 12.3 Å². The molecule has 2 N–H and O–H groups in total. The van der Waals surface area contributed by atoms with Gasteiger partial charge in [0.1, 0.15) is 0 Å². The molecule has 2 rings (SSSR count). The first kappa shape index (κ1) is 16.9. The molecule has 0 amide bonds. The van der Waals surface area contributed by atoms with Crippen molar-refractivity contribution in [1.82, 2.24) is 14.6 Å². The van der Waals surface area contributed by atoms with E-state index in [1.165, 1.54) is 0 Å². The molecular weight excluding hydrogens is 306 g/mol. The fraction of sp³-hybridized carbons (Fsp3) is 0.714. The lowest BCUT2D eigenvalue weighted by Crippen LogP contribution is -2.38. The highest BCUT2D eigenvalue weighted by Crippen LogP contribution is 2.22. The molecule has 1 unspecified atom stereocenters. The lowest BCUT2D eigenvalue weighted by molar-refractivity contribution is 0.541. The second-order valence-electron chi connectivity index (χ2n) is 5.73. The summed E-state index contributed by atoms with van der Waals surface area (Å²) in [5.41, 5.74) is 0.992. The first-order valence-electron chi connectivity index (χ1n) is 7.39. The molecule has 2 heterocycles. The topological polar surface area (TPSA) is 63.1 Å². The predicted molar refractivity (Wildman–Crippen MR) is 88.2 cm³/mol. The van der Waals surface area contributed by atoms with Gasteiger partial charge in [0.25, 0.3) is 0 Å². The summed E-state index contributed by atoms with van der Waals surface area (Å²) in [5, 5.41) is 3.09. The van der Waals surface area contributed by atoms with E-state index in [1.807, 2.05) is 23.4 Å². The first-order chi connectivity index (χ1) is 9.94. The van der Waals surface area contributed by atoms with Crippen LogP contribution in [0.25, 0.3) is 0 Å². The summed E-state index contributed by atoms with van der Waals surface area (Å²) in [7, 11) is -1.56. The fourth-order valence-electron chi connectivity index (χ4n) is 2.57. The lowest BCUT2D eigenvalue weighted by Gasteiger charge is -2.21. The van der Waals surface area contributed by atoms with Crippen molar-refractivity contribution >= 4 is 21.8 Å². The number of thioether (sulfide) groups is 1. The molecule has 7 heteroatoms. The molecule has 0 aliphatic carbocycles. The third-order valence-corrected chi connectivity index (χ3v) is 6.32. The fourth-order valence-corrected chi connectivity index (χ4v) is 5.07. The Morgan fingerprint density at radius 2 is 2.24 bits per heavy atom. The summed E-state index contributed by atoms with van der Waals surface area (Å²) in [6.07, 6.45) is 3.76. The van der Waals surface area contributed by atoms with Crippen LogP contribution in [0.4, 0.5) is 0 Å². The Kier molecular flexibility index (Phi) is 5.76. The number of nitrogens with zero attached hydrogens (tertiary/aromatic N) is 1. The maximum absolute atomic E-state index is 12.5. The summed E-state index contributed by atoms with van der Waals surface area (Å²) in [6.45, 7) is 4.77. The molecular formula is C14H25N3O2S2. The van der Waals surface area contributed by atoms with Gasteiger partial charge in [-0.3, -0.25) is 0 Å². The Labute approximate surface area is 131 Å². The molecule has 0 saturated carbocycles. The number of sulfonamides is 1. The van der Waals surface area contributed by atoms with Crippen LogP contribution in [0.15, 0.2) is 17.2 Å². The van der Waals surface area contributed by atoms with E-state index in [-0.39, 0.29) is 12.1 Å². The zero-order valence-electron chi connectivity index (χ0n) is 12.9. The van der Waals surface area contributed by atoms with Gasteiger partial charge in [0.05, 0.1) is 4.90 Å². The number of nitrogens with one attached hydrogen (secondary N) is 2. The Morgan fingerprint density at radius 1 is 1.48 bits per heavy atom. The van der Waals surface area contributed by atoms with Crippen LogP contribution in [-0.2, 0) is 16.6 Å². The van der Waals surface area contributed by atoms with Gasteiger partial charge >= 0.3 is 0 Å². The van der Waals surface area contributed by atoms with Gasteiger partial charge in [0.2, 0.25) is 10.0 Å². The van der Waals surface area contributed by atoms with E-state index in [0.717, 1.165) is 30.0 Å². The van der Waals surface area contributed by atoms with Crippen LogP contribution in [0.1, 0.15) is 38.4 Å². The second-order valence-corrected chi connectivity index (χ2v) is 8.60. The smallest absolute Gasteiger partial charge is 0.242 e. The van der Waals surface area contributed by atoms with Gasteiger partial charge in [0.15, 0.2) is 0 Å². The SMILES string of the molecule is CNCc1cc(S(=O)(=O)NC2CCCSC2)cn1C(C)C. The molecule has 1 aromatic heterocycles. The molecule has 21 heavy (non-hydrogen) atoms. The predicted octanol–water partition coefficient (Wildman–Crippen LogP) is 1.96. The van der Waals surface area contributed by atoms with E-state index in [4.69, 9.17) is 0 Å². The molecule has 1 aromatic rings. The number of aromatic nitrogens is 1. The second kappa shape index (κ2) is 7.17. The van der Waals surface area contributed by atoms with Crippen molar-refractivity contribution in [3.63, 3.8) is 0 Å². The highest BCUT2D eigenvalue weighted by molar-refractivity contribution is 7.99. The van der Waals surface area contributed by atoms with Crippen LogP contribution in [0.3, 0.4) is 0 Å². The normalized spacial score (nSPS) is 20.1. The summed E-state index contributed by atoms with van der Waals surface area (Å²) in [4.78, 5) is 0.372. The Hall–Kier alpha value is -0.500. The number of rotatable bonds is 6. The Morgan fingerprint density at radius 3 is 2.81 bits per heavy atom. The Balaban J connectivity index is 2.20. The highest BCUT2D eigenvalue weighted by Gasteiger charge is 2.24. The summed E-state index contributed by atoms with van der Waals surface area (Å²) in [5.74, 6) is 2.00. The van der Waals surface area contributed by atoms with Gasteiger partial charge in [0, 0.05) is 36.3 Å². The van der Waals surface area contributed by atoms with Crippen molar-refractivity contribution in [2.24, 2.45) is 0 Å². The van der Waals surface area contributed by atoms with Crippen LogP contribution in [0, 0.1) is 0 Å². The van der Waals surface area contributed by atoms with Crippen molar-refractivity contribution in [2.45, 2.75) is 50.2 Å². The van der Waals surface area contributed by atoms with Gasteiger partial charge in [-0.05, 0) is 45.6 Å². The van der Waals surface area contributed by atoms with Gasteiger partial charge in [-0.1, -0.05) is 0 Å². The molecule has 0 spiro atoms. The molecule has 1 aliphatic rings. The number of hydrogen-bond donors (Lipinski definition) is 2. The maximum atomic E-state index is 12.5. The quantitative estimate of drug-likeness (QED) is 0.836. The Bertz CT molecular complexity index is 561. The van der Waals surface area contributed by atoms with Crippen LogP contribution < -0.4 is 10.0 Å². The monoisotopic (exact) mass is 331 g/mol. The average Bonchev–Trinajstić information content (AvgIpc) is 2.85. The zero-order chi connectivity index (χ0) is 15.5. The summed E-state index contributed by atoms with van der Waals surface area (Å²) < 4.78 is 29.9. The minimum Gasteiger partial charge on any atom is -0.346 e. The molecule has 1 atom stereocenters. The van der Waals surface area contributed by atoms with E-state index < -0.39 is 10.0 Å². The lowest BCUT2D eigenvalue weighted by atomic mass is 10.2. The van der Waals surface area contributed by atoms with Crippen LogP contribution in [0.5, 0.6) is 0 Å². The average molecular weight is 332 g/mol. The zero-order valence-corrected chi connectivity index (χ0v) is 14.6. The van der Waals surface area contributed by atoms with Crippen molar-refractivity contribution < 1.29 is 8.42 Å². The third-order valence-electron chi connectivity index (χ3n) is 3.61. The summed E-state index contributed by atoms with van der Waals surface area (Å²) in [6, 6.07) is 2.07. The van der Waals surface area contributed by atoms with Crippen molar-refractivity contribution in [2.75, 3.05) is 18.6 Å². The van der Waals surface area contributed by atoms with Gasteiger partial charge in [-0.15, -0.1) is 0 Å². The van der Waals surface area contributed by atoms with Crippen molar-refractivity contribution in [3.8, 4) is 0 Å². The molecule has 1 saturated heterocycles. The van der Waals surface area contributed by atoms with Crippen LogP contribution in [-0.4, -0.2) is 37.6 Å². The van der Waals surface area contributed by atoms with Crippen LogP contribution in [0.2, 0.25) is 0 Å². The molecule has 0 bridgehead atoms.